The van der Waals surface area contributed by atoms with Gasteiger partial charge in [-0.05, 0) is 12.5 Å². The number of hydrogen-bond donors (Lipinski definition) is 2. The number of carbonyl (C=O) groups is 1. The summed E-state index contributed by atoms with van der Waals surface area (Å²) in [5.74, 6) is -0.274. The van der Waals surface area contributed by atoms with E-state index in [0.29, 0.717) is 5.69 Å². The summed E-state index contributed by atoms with van der Waals surface area (Å²) in [4.78, 5) is 19.4. The van der Waals surface area contributed by atoms with Crippen LogP contribution in [0.5, 0.6) is 0 Å². The number of carbonyl (C=O) groups excluding carboxylic acids is 1. The molecule has 5 nitrogen and oxygen atoms in total. The van der Waals surface area contributed by atoms with Crippen LogP contribution in [0.25, 0.3) is 0 Å². The van der Waals surface area contributed by atoms with E-state index in [9.17, 15) is 4.79 Å². The van der Waals surface area contributed by atoms with Crippen molar-refractivity contribution in [1.82, 2.24) is 15.3 Å². The Hall–Kier alpha value is -1.49. The maximum Gasteiger partial charge on any atom is 0.270 e. The molecule has 0 aliphatic carbocycles. The Labute approximate surface area is 88.6 Å². The second kappa shape index (κ2) is 6.08. The fourth-order valence-electron chi connectivity index (χ4n) is 1.17. The minimum Gasteiger partial charge on any atom is -0.395 e. The van der Waals surface area contributed by atoms with Crippen LogP contribution in [0.4, 0.5) is 0 Å². The van der Waals surface area contributed by atoms with Gasteiger partial charge in [-0.15, -0.1) is 0 Å². The minimum atomic E-state index is -0.274. The maximum absolute atomic E-state index is 11.4. The Bertz CT molecular complexity index is 328. The average Bonchev–Trinajstić information content (AvgIpc) is 2.27. The molecule has 2 N–H and O–H groups in total. The normalized spacial score (nSPS) is 10.0. The summed E-state index contributed by atoms with van der Waals surface area (Å²) in [6.45, 7) is 2.22. The van der Waals surface area contributed by atoms with Gasteiger partial charge in [-0.3, -0.25) is 4.79 Å². The average molecular weight is 209 g/mol. The predicted octanol–water partition coefficient (Wildman–Crippen LogP) is 0.151. The molecule has 0 saturated heterocycles. The fourth-order valence-corrected chi connectivity index (χ4v) is 1.17. The first-order valence-corrected chi connectivity index (χ1v) is 4.98. The molecule has 5 heteroatoms. The molecule has 82 valence electrons. The van der Waals surface area contributed by atoms with Gasteiger partial charge in [0, 0.05) is 12.2 Å². The van der Waals surface area contributed by atoms with Crippen molar-refractivity contribution in [2.45, 2.75) is 19.8 Å². The van der Waals surface area contributed by atoms with Crippen molar-refractivity contribution in [3.63, 3.8) is 0 Å². The molecule has 0 radical (unpaired) electrons. The standard InChI is InChI=1S/C10H15N3O2/c1-2-3-8-6-9(13-7-12-8)10(15)11-4-5-14/h6-7,14H,2-5H2,1H3,(H,11,15). The van der Waals surface area contributed by atoms with E-state index >= 15 is 0 Å². The Morgan fingerprint density at radius 3 is 3.00 bits per heavy atom. The number of nitrogens with zero attached hydrogens (tertiary/aromatic N) is 2. The second-order valence-electron chi connectivity index (χ2n) is 3.12. The van der Waals surface area contributed by atoms with Crippen LogP contribution in [0.2, 0.25) is 0 Å². The molecule has 1 heterocycles. The molecule has 1 amide bonds. The molecular weight excluding hydrogens is 194 g/mol. The molecule has 1 rings (SSSR count). The molecule has 0 unspecified atom stereocenters. The summed E-state index contributed by atoms with van der Waals surface area (Å²) in [6.07, 6.45) is 3.20. The predicted molar refractivity (Wildman–Crippen MR) is 55.4 cm³/mol. The Balaban J connectivity index is 2.67. The zero-order valence-electron chi connectivity index (χ0n) is 8.73. The van der Waals surface area contributed by atoms with Crippen molar-refractivity contribution < 1.29 is 9.90 Å². The lowest BCUT2D eigenvalue weighted by atomic mass is 10.2. The number of aromatic nitrogens is 2. The molecule has 15 heavy (non-hydrogen) atoms. The van der Waals surface area contributed by atoms with E-state index < -0.39 is 0 Å². The summed E-state index contributed by atoms with van der Waals surface area (Å²) >= 11 is 0. The summed E-state index contributed by atoms with van der Waals surface area (Å²) in [5.41, 5.74) is 1.21. The number of hydrogen-bond acceptors (Lipinski definition) is 4. The maximum atomic E-state index is 11.4. The van der Waals surface area contributed by atoms with E-state index in [1.807, 2.05) is 6.92 Å². The van der Waals surface area contributed by atoms with Gasteiger partial charge < -0.3 is 10.4 Å². The van der Waals surface area contributed by atoms with E-state index in [-0.39, 0.29) is 19.1 Å². The first-order valence-electron chi connectivity index (χ1n) is 4.98. The third-order valence-corrected chi connectivity index (χ3v) is 1.86. The number of nitrogens with one attached hydrogen (secondary N) is 1. The van der Waals surface area contributed by atoms with E-state index in [2.05, 4.69) is 15.3 Å². The summed E-state index contributed by atoms with van der Waals surface area (Å²) in [7, 11) is 0. The van der Waals surface area contributed by atoms with Gasteiger partial charge >= 0.3 is 0 Å². The van der Waals surface area contributed by atoms with E-state index in [0.717, 1.165) is 18.5 Å². The zero-order chi connectivity index (χ0) is 11.1. The second-order valence-corrected chi connectivity index (χ2v) is 3.12. The molecule has 0 saturated carbocycles. The molecule has 0 aliphatic heterocycles. The third kappa shape index (κ3) is 3.63. The fraction of sp³-hybridized carbons (Fsp3) is 0.500. The van der Waals surface area contributed by atoms with Crippen LogP contribution in [0, 0.1) is 0 Å². The van der Waals surface area contributed by atoms with Crippen molar-refractivity contribution in [3.8, 4) is 0 Å². The topological polar surface area (TPSA) is 75.1 Å². The van der Waals surface area contributed by atoms with Crippen LogP contribution in [-0.2, 0) is 6.42 Å². The quantitative estimate of drug-likeness (QED) is 0.724. The van der Waals surface area contributed by atoms with Crippen molar-refractivity contribution >= 4 is 5.91 Å². The molecule has 0 bridgehead atoms. The Kier molecular flexibility index (Phi) is 4.70. The van der Waals surface area contributed by atoms with E-state index in [1.165, 1.54) is 6.33 Å². The largest absolute Gasteiger partial charge is 0.395 e. The van der Waals surface area contributed by atoms with Crippen molar-refractivity contribution in [1.29, 1.82) is 0 Å². The van der Waals surface area contributed by atoms with Gasteiger partial charge in [-0.2, -0.15) is 0 Å². The first kappa shape index (κ1) is 11.6. The van der Waals surface area contributed by atoms with Crippen molar-refractivity contribution in [3.05, 3.63) is 23.8 Å². The van der Waals surface area contributed by atoms with Gasteiger partial charge in [0.05, 0.1) is 6.61 Å². The van der Waals surface area contributed by atoms with Gasteiger partial charge in [0.2, 0.25) is 0 Å². The number of rotatable bonds is 5. The number of aliphatic hydroxyl groups excluding tert-OH is 1. The molecule has 0 aromatic carbocycles. The number of aliphatic hydroxyl groups is 1. The van der Waals surface area contributed by atoms with Crippen molar-refractivity contribution in [2.24, 2.45) is 0 Å². The third-order valence-electron chi connectivity index (χ3n) is 1.86. The lowest BCUT2D eigenvalue weighted by Crippen LogP contribution is -2.27. The zero-order valence-corrected chi connectivity index (χ0v) is 8.73. The summed E-state index contributed by atoms with van der Waals surface area (Å²) in [5, 5.41) is 11.1. The van der Waals surface area contributed by atoms with E-state index in [4.69, 9.17) is 5.11 Å². The van der Waals surface area contributed by atoms with Crippen molar-refractivity contribution in [2.75, 3.05) is 13.2 Å². The van der Waals surface area contributed by atoms with Crippen LogP contribution in [0.3, 0.4) is 0 Å². The highest BCUT2D eigenvalue weighted by Gasteiger charge is 2.07. The van der Waals surface area contributed by atoms with E-state index in [1.54, 1.807) is 6.07 Å². The van der Waals surface area contributed by atoms with Crippen LogP contribution >= 0.6 is 0 Å². The molecule has 1 aromatic rings. The van der Waals surface area contributed by atoms with Crippen LogP contribution in [0.1, 0.15) is 29.5 Å². The molecule has 0 spiro atoms. The lowest BCUT2D eigenvalue weighted by molar-refractivity contribution is 0.0939. The molecule has 0 aliphatic rings. The number of aryl methyl sites for hydroxylation is 1. The highest BCUT2D eigenvalue weighted by Crippen LogP contribution is 2.01. The first-order chi connectivity index (χ1) is 7.27. The van der Waals surface area contributed by atoms with Crippen LogP contribution in [-0.4, -0.2) is 34.1 Å². The van der Waals surface area contributed by atoms with Gasteiger partial charge in [-0.1, -0.05) is 13.3 Å². The molecule has 0 fully saturated rings. The highest BCUT2D eigenvalue weighted by atomic mass is 16.3. The lowest BCUT2D eigenvalue weighted by Gasteiger charge is -2.03. The molecular formula is C10H15N3O2. The smallest absolute Gasteiger partial charge is 0.270 e. The van der Waals surface area contributed by atoms with Gasteiger partial charge in [0.15, 0.2) is 0 Å². The number of amides is 1. The molecule has 1 aromatic heterocycles. The van der Waals surface area contributed by atoms with Crippen LogP contribution in [0.15, 0.2) is 12.4 Å². The Morgan fingerprint density at radius 1 is 1.53 bits per heavy atom. The summed E-state index contributed by atoms with van der Waals surface area (Å²) < 4.78 is 0. The highest BCUT2D eigenvalue weighted by molar-refractivity contribution is 5.92. The van der Waals surface area contributed by atoms with Gasteiger partial charge in [0.1, 0.15) is 12.0 Å². The monoisotopic (exact) mass is 209 g/mol. The SMILES string of the molecule is CCCc1cc(C(=O)NCCO)ncn1. The minimum absolute atomic E-state index is 0.0708. The molecule has 0 atom stereocenters. The summed E-state index contributed by atoms with van der Waals surface area (Å²) in [6, 6.07) is 1.68. The van der Waals surface area contributed by atoms with Gasteiger partial charge in [0.25, 0.3) is 5.91 Å². The van der Waals surface area contributed by atoms with Gasteiger partial charge in [-0.25, -0.2) is 9.97 Å². The Morgan fingerprint density at radius 2 is 2.33 bits per heavy atom. The van der Waals surface area contributed by atoms with Crippen LogP contribution < -0.4 is 5.32 Å².